The highest BCUT2D eigenvalue weighted by Crippen LogP contribution is 2.32. The smallest absolute Gasteiger partial charge is 0.399 e. The molecular formula is C14H10F4N2O. The Morgan fingerprint density at radius 2 is 1.76 bits per heavy atom. The largest absolute Gasteiger partial charge is 0.417 e. The first-order chi connectivity index (χ1) is 9.79. The topological polar surface area (TPSA) is 55.1 Å². The Morgan fingerprint density at radius 3 is 2.43 bits per heavy atom. The van der Waals surface area contributed by atoms with Crippen LogP contribution in [-0.2, 0) is 6.18 Å². The molecule has 0 radical (unpaired) electrons. The maximum absolute atomic E-state index is 13.5. The number of nitrogen functional groups attached to an aromatic ring is 1. The van der Waals surface area contributed by atoms with E-state index in [0.717, 1.165) is 24.3 Å². The van der Waals surface area contributed by atoms with E-state index in [1.54, 1.807) is 0 Å². The predicted octanol–water partition coefficient (Wildman–Crippen LogP) is 3.68. The van der Waals surface area contributed by atoms with E-state index in [9.17, 15) is 22.4 Å². The van der Waals surface area contributed by atoms with Crippen molar-refractivity contribution in [2.75, 3.05) is 11.1 Å². The molecule has 7 heteroatoms. The number of rotatable bonds is 2. The van der Waals surface area contributed by atoms with E-state index in [1.807, 2.05) is 0 Å². The minimum absolute atomic E-state index is 0.177. The second-order valence-corrected chi connectivity index (χ2v) is 4.24. The standard InChI is InChI=1S/C14H10F4N2O/c15-11-6-5-8(19)7-12(11)20-13(21)9-3-1-2-4-10(9)14(16,17)18/h1-7H,19H2,(H,20,21). The minimum atomic E-state index is -4.68. The third kappa shape index (κ3) is 3.31. The zero-order valence-electron chi connectivity index (χ0n) is 10.5. The van der Waals surface area contributed by atoms with Crippen molar-refractivity contribution in [2.45, 2.75) is 6.18 Å². The molecule has 0 aliphatic carbocycles. The molecule has 2 aromatic carbocycles. The van der Waals surface area contributed by atoms with Gasteiger partial charge in [0.05, 0.1) is 16.8 Å². The van der Waals surface area contributed by atoms with Gasteiger partial charge < -0.3 is 11.1 Å². The van der Waals surface area contributed by atoms with Crippen LogP contribution in [0.15, 0.2) is 42.5 Å². The Labute approximate surface area is 117 Å². The van der Waals surface area contributed by atoms with Crippen molar-refractivity contribution in [2.24, 2.45) is 0 Å². The summed E-state index contributed by atoms with van der Waals surface area (Å²) in [6, 6.07) is 7.67. The van der Waals surface area contributed by atoms with Crippen LogP contribution in [0.3, 0.4) is 0 Å². The molecule has 0 saturated carbocycles. The van der Waals surface area contributed by atoms with Gasteiger partial charge in [0, 0.05) is 5.69 Å². The van der Waals surface area contributed by atoms with Crippen LogP contribution in [0.5, 0.6) is 0 Å². The van der Waals surface area contributed by atoms with Gasteiger partial charge in [0.2, 0.25) is 0 Å². The predicted molar refractivity (Wildman–Crippen MR) is 70.2 cm³/mol. The SMILES string of the molecule is Nc1ccc(F)c(NC(=O)c2ccccc2C(F)(F)F)c1. The second kappa shape index (κ2) is 5.43. The van der Waals surface area contributed by atoms with E-state index < -0.39 is 29.0 Å². The molecule has 110 valence electrons. The Bertz CT molecular complexity index is 683. The lowest BCUT2D eigenvalue weighted by Crippen LogP contribution is -2.19. The van der Waals surface area contributed by atoms with Gasteiger partial charge in [0.15, 0.2) is 0 Å². The molecule has 0 saturated heterocycles. The molecule has 0 unspecified atom stereocenters. The van der Waals surface area contributed by atoms with Crippen molar-refractivity contribution >= 4 is 17.3 Å². The van der Waals surface area contributed by atoms with Gasteiger partial charge in [-0.05, 0) is 30.3 Å². The summed E-state index contributed by atoms with van der Waals surface area (Å²) < 4.78 is 51.9. The number of alkyl halides is 3. The summed E-state index contributed by atoms with van der Waals surface area (Å²) in [6.07, 6.45) is -4.68. The molecule has 0 heterocycles. The van der Waals surface area contributed by atoms with Crippen LogP contribution in [0.2, 0.25) is 0 Å². The normalized spacial score (nSPS) is 11.2. The summed E-state index contributed by atoms with van der Waals surface area (Å²) in [6.45, 7) is 0. The molecule has 0 aliphatic heterocycles. The highest BCUT2D eigenvalue weighted by molar-refractivity contribution is 6.05. The fraction of sp³-hybridized carbons (Fsp3) is 0.0714. The molecule has 3 nitrogen and oxygen atoms in total. The molecular weight excluding hydrogens is 288 g/mol. The molecule has 0 aromatic heterocycles. The first kappa shape index (κ1) is 14.8. The monoisotopic (exact) mass is 298 g/mol. The van der Waals surface area contributed by atoms with E-state index in [1.165, 1.54) is 18.2 Å². The number of carbonyl (C=O) groups excluding carboxylic acids is 1. The van der Waals surface area contributed by atoms with Gasteiger partial charge in [-0.3, -0.25) is 4.79 Å². The van der Waals surface area contributed by atoms with E-state index in [4.69, 9.17) is 5.73 Å². The molecule has 21 heavy (non-hydrogen) atoms. The molecule has 2 rings (SSSR count). The summed E-state index contributed by atoms with van der Waals surface area (Å²) in [5.74, 6) is -1.85. The van der Waals surface area contributed by atoms with Crippen LogP contribution in [0.1, 0.15) is 15.9 Å². The van der Waals surface area contributed by atoms with Gasteiger partial charge >= 0.3 is 6.18 Å². The summed E-state index contributed by atoms with van der Waals surface area (Å²) in [7, 11) is 0. The van der Waals surface area contributed by atoms with Gasteiger partial charge in [-0.2, -0.15) is 13.2 Å². The average molecular weight is 298 g/mol. The van der Waals surface area contributed by atoms with Gasteiger partial charge in [-0.15, -0.1) is 0 Å². The number of hydrogen-bond acceptors (Lipinski definition) is 2. The van der Waals surface area contributed by atoms with Crippen molar-refractivity contribution < 1.29 is 22.4 Å². The number of nitrogens with one attached hydrogen (secondary N) is 1. The number of benzene rings is 2. The van der Waals surface area contributed by atoms with Crippen molar-refractivity contribution in [3.05, 3.63) is 59.4 Å². The number of amides is 1. The molecule has 0 spiro atoms. The van der Waals surface area contributed by atoms with Gasteiger partial charge in [-0.25, -0.2) is 4.39 Å². The maximum Gasteiger partial charge on any atom is 0.417 e. The summed E-state index contributed by atoms with van der Waals surface area (Å²) in [4.78, 5) is 11.9. The quantitative estimate of drug-likeness (QED) is 0.656. The summed E-state index contributed by atoms with van der Waals surface area (Å²) in [5, 5.41) is 2.09. The van der Waals surface area contributed by atoms with E-state index in [2.05, 4.69) is 5.32 Å². The highest BCUT2D eigenvalue weighted by atomic mass is 19.4. The molecule has 0 bridgehead atoms. The number of hydrogen-bond donors (Lipinski definition) is 2. The maximum atomic E-state index is 13.5. The molecule has 3 N–H and O–H groups in total. The average Bonchev–Trinajstić information content (AvgIpc) is 2.42. The van der Waals surface area contributed by atoms with Crippen LogP contribution in [-0.4, -0.2) is 5.91 Å². The Hall–Kier alpha value is -2.57. The zero-order valence-corrected chi connectivity index (χ0v) is 10.5. The highest BCUT2D eigenvalue weighted by Gasteiger charge is 2.34. The van der Waals surface area contributed by atoms with Crippen LogP contribution in [0.4, 0.5) is 28.9 Å². The lowest BCUT2D eigenvalue weighted by Gasteiger charge is -2.13. The molecule has 0 fully saturated rings. The molecule has 1 amide bonds. The van der Waals surface area contributed by atoms with E-state index >= 15 is 0 Å². The minimum Gasteiger partial charge on any atom is -0.399 e. The van der Waals surface area contributed by atoms with Gasteiger partial charge in [0.25, 0.3) is 5.91 Å². The number of carbonyl (C=O) groups is 1. The number of nitrogens with two attached hydrogens (primary N) is 1. The fourth-order valence-corrected chi connectivity index (χ4v) is 1.76. The molecule has 0 aliphatic rings. The first-order valence-corrected chi connectivity index (χ1v) is 5.81. The van der Waals surface area contributed by atoms with Gasteiger partial charge in [0.1, 0.15) is 5.82 Å². The van der Waals surface area contributed by atoms with Crippen molar-refractivity contribution in [3.63, 3.8) is 0 Å². The van der Waals surface area contributed by atoms with Gasteiger partial charge in [-0.1, -0.05) is 12.1 Å². The third-order valence-electron chi connectivity index (χ3n) is 2.72. The lowest BCUT2D eigenvalue weighted by molar-refractivity contribution is -0.137. The number of anilines is 2. The molecule has 2 aromatic rings. The van der Waals surface area contributed by atoms with E-state index in [0.29, 0.717) is 0 Å². The Kier molecular flexibility index (Phi) is 3.84. The van der Waals surface area contributed by atoms with E-state index in [-0.39, 0.29) is 11.4 Å². The molecule has 0 atom stereocenters. The van der Waals surface area contributed by atoms with Crippen LogP contribution < -0.4 is 11.1 Å². The van der Waals surface area contributed by atoms with Crippen LogP contribution in [0.25, 0.3) is 0 Å². The first-order valence-electron chi connectivity index (χ1n) is 5.81. The lowest BCUT2D eigenvalue weighted by atomic mass is 10.1. The Morgan fingerprint density at radius 1 is 1.10 bits per heavy atom. The summed E-state index contributed by atoms with van der Waals surface area (Å²) >= 11 is 0. The van der Waals surface area contributed by atoms with Crippen molar-refractivity contribution in [1.82, 2.24) is 0 Å². The third-order valence-corrected chi connectivity index (χ3v) is 2.72. The second-order valence-electron chi connectivity index (χ2n) is 4.24. The van der Waals surface area contributed by atoms with Crippen molar-refractivity contribution in [1.29, 1.82) is 0 Å². The van der Waals surface area contributed by atoms with Crippen LogP contribution >= 0.6 is 0 Å². The fourth-order valence-electron chi connectivity index (χ4n) is 1.76. The number of halogens is 4. The van der Waals surface area contributed by atoms with Crippen molar-refractivity contribution in [3.8, 4) is 0 Å². The zero-order chi connectivity index (χ0) is 15.6. The summed E-state index contributed by atoms with van der Waals surface area (Å²) in [5.41, 5.74) is 3.66. The van der Waals surface area contributed by atoms with Crippen LogP contribution in [0, 0.1) is 5.82 Å². The Balaban J connectivity index is 2.36.